The molecule has 0 aromatic heterocycles. The minimum atomic E-state index is 0.208. The van der Waals surface area contributed by atoms with Gasteiger partial charge in [0.2, 0.25) is 0 Å². The molecule has 0 heterocycles. The van der Waals surface area contributed by atoms with Crippen LogP contribution in [0.2, 0.25) is 0 Å². The van der Waals surface area contributed by atoms with Crippen LogP contribution in [-0.4, -0.2) is 24.3 Å². The Balaban J connectivity index is 2.39. The summed E-state index contributed by atoms with van der Waals surface area (Å²) < 4.78 is 0. The normalized spacial score (nSPS) is 13.3. The summed E-state index contributed by atoms with van der Waals surface area (Å²) in [6.45, 7) is 9.82. The van der Waals surface area contributed by atoms with E-state index in [0.717, 1.165) is 13.0 Å². The van der Waals surface area contributed by atoms with Crippen molar-refractivity contribution in [3.05, 3.63) is 35.4 Å². The molecule has 0 aliphatic carbocycles. The Labute approximate surface area is 111 Å². The zero-order valence-corrected chi connectivity index (χ0v) is 12.1. The van der Waals surface area contributed by atoms with Gasteiger partial charge in [0.25, 0.3) is 0 Å². The second-order valence-corrected chi connectivity index (χ2v) is 5.63. The first kappa shape index (κ1) is 15.2. The van der Waals surface area contributed by atoms with Gasteiger partial charge in [0.05, 0.1) is 6.61 Å². The molecule has 0 amide bonds. The lowest BCUT2D eigenvalue weighted by atomic mass is 10.0. The van der Waals surface area contributed by atoms with Crippen LogP contribution in [0.4, 0.5) is 0 Å². The van der Waals surface area contributed by atoms with Gasteiger partial charge in [-0.05, 0) is 35.9 Å². The SMILES string of the molecule is CC(C)c1ccc(CCNC(CO)C(C)C)cc1. The van der Waals surface area contributed by atoms with Crippen molar-refractivity contribution in [2.75, 3.05) is 13.2 Å². The monoisotopic (exact) mass is 249 g/mol. The molecule has 102 valence electrons. The van der Waals surface area contributed by atoms with E-state index < -0.39 is 0 Å². The van der Waals surface area contributed by atoms with Gasteiger partial charge in [-0.2, -0.15) is 0 Å². The Bertz CT molecular complexity index is 329. The van der Waals surface area contributed by atoms with Crippen molar-refractivity contribution in [1.82, 2.24) is 5.32 Å². The van der Waals surface area contributed by atoms with Crippen molar-refractivity contribution in [3.63, 3.8) is 0 Å². The Kier molecular flexibility index (Phi) is 6.37. The van der Waals surface area contributed by atoms with Crippen LogP contribution in [0.15, 0.2) is 24.3 Å². The van der Waals surface area contributed by atoms with Gasteiger partial charge < -0.3 is 10.4 Å². The third-order valence-corrected chi connectivity index (χ3v) is 3.47. The van der Waals surface area contributed by atoms with Gasteiger partial charge in [-0.3, -0.25) is 0 Å². The van der Waals surface area contributed by atoms with Crippen molar-refractivity contribution in [3.8, 4) is 0 Å². The molecule has 0 spiro atoms. The fraction of sp³-hybridized carbons (Fsp3) is 0.625. The van der Waals surface area contributed by atoms with E-state index in [1.165, 1.54) is 11.1 Å². The lowest BCUT2D eigenvalue weighted by Crippen LogP contribution is -2.38. The highest BCUT2D eigenvalue weighted by Crippen LogP contribution is 2.14. The van der Waals surface area contributed by atoms with Gasteiger partial charge in [0.15, 0.2) is 0 Å². The van der Waals surface area contributed by atoms with E-state index in [4.69, 9.17) is 0 Å². The minimum Gasteiger partial charge on any atom is -0.395 e. The summed E-state index contributed by atoms with van der Waals surface area (Å²) in [7, 11) is 0. The molecule has 0 saturated heterocycles. The lowest BCUT2D eigenvalue weighted by Gasteiger charge is -2.19. The van der Waals surface area contributed by atoms with Crippen LogP contribution in [0.1, 0.15) is 44.7 Å². The number of rotatable bonds is 7. The number of aliphatic hydroxyl groups is 1. The molecule has 2 N–H and O–H groups in total. The van der Waals surface area contributed by atoms with Gasteiger partial charge in [0, 0.05) is 6.04 Å². The molecule has 0 aliphatic rings. The van der Waals surface area contributed by atoms with Crippen LogP contribution in [0.3, 0.4) is 0 Å². The summed E-state index contributed by atoms with van der Waals surface area (Å²) in [6.07, 6.45) is 1.02. The van der Waals surface area contributed by atoms with Gasteiger partial charge >= 0.3 is 0 Å². The third kappa shape index (κ3) is 4.79. The number of aliphatic hydroxyl groups excluding tert-OH is 1. The number of hydrogen-bond acceptors (Lipinski definition) is 2. The van der Waals surface area contributed by atoms with E-state index in [2.05, 4.69) is 57.3 Å². The molecule has 0 aliphatic heterocycles. The van der Waals surface area contributed by atoms with E-state index in [-0.39, 0.29) is 12.6 Å². The largest absolute Gasteiger partial charge is 0.395 e. The first-order chi connectivity index (χ1) is 8.54. The minimum absolute atomic E-state index is 0.208. The van der Waals surface area contributed by atoms with Crippen LogP contribution in [-0.2, 0) is 6.42 Å². The summed E-state index contributed by atoms with van der Waals surface area (Å²) >= 11 is 0. The molecule has 0 radical (unpaired) electrons. The highest BCUT2D eigenvalue weighted by Gasteiger charge is 2.10. The van der Waals surface area contributed by atoms with Crippen LogP contribution in [0.25, 0.3) is 0 Å². The van der Waals surface area contributed by atoms with Gasteiger partial charge in [-0.15, -0.1) is 0 Å². The summed E-state index contributed by atoms with van der Waals surface area (Å²) in [5.41, 5.74) is 2.74. The molecule has 1 aromatic carbocycles. The molecule has 1 aromatic rings. The lowest BCUT2D eigenvalue weighted by molar-refractivity contribution is 0.212. The molecule has 0 fully saturated rings. The molecule has 18 heavy (non-hydrogen) atoms. The predicted octanol–water partition coefficient (Wildman–Crippen LogP) is 2.96. The Morgan fingerprint density at radius 3 is 2.11 bits per heavy atom. The third-order valence-electron chi connectivity index (χ3n) is 3.47. The summed E-state index contributed by atoms with van der Waals surface area (Å²) in [6, 6.07) is 9.05. The van der Waals surface area contributed by atoms with E-state index >= 15 is 0 Å². The zero-order valence-electron chi connectivity index (χ0n) is 12.1. The van der Waals surface area contributed by atoms with E-state index in [1.54, 1.807) is 0 Å². The van der Waals surface area contributed by atoms with Crippen LogP contribution < -0.4 is 5.32 Å². The smallest absolute Gasteiger partial charge is 0.0587 e. The van der Waals surface area contributed by atoms with Gasteiger partial charge in [-0.1, -0.05) is 52.0 Å². The van der Waals surface area contributed by atoms with E-state index in [1.807, 2.05) is 0 Å². The standard InChI is InChI=1S/C16H27NO/c1-12(2)15-7-5-14(6-8-15)9-10-17-16(11-18)13(3)4/h5-8,12-13,16-18H,9-11H2,1-4H3. The molecule has 1 rings (SSSR count). The van der Waals surface area contributed by atoms with Crippen LogP contribution in [0.5, 0.6) is 0 Å². The quantitative estimate of drug-likeness (QED) is 0.778. The molecule has 0 saturated carbocycles. The predicted molar refractivity (Wildman–Crippen MR) is 77.9 cm³/mol. The van der Waals surface area contributed by atoms with E-state index in [0.29, 0.717) is 11.8 Å². The fourth-order valence-electron chi connectivity index (χ4n) is 1.98. The van der Waals surface area contributed by atoms with E-state index in [9.17, 15) is 5.11 Å². The average molecular weight is 249 g/mol. The Morgan fingerprint density at radius 1 is 1.06 bits per heavy atom. The molecule has 1 atom stereocenters. The number of benzene rings is 1. The molecule has 1 unspecified atom stereocenters. The maximum atomic E-state index is 9.23. The van der Waals surface area contributed by atoms with Gasteiger partial charge in [-0.25, -0.2) is 0 Å². The first-order valence-electron chi connectivity index (χ1n) is 6.97. The summed E-state index contributed by atoms with van der Waals surface area (Å²) in [4.78, 5) is 0. The molecule has 0 bridgehead atoms. The highest BCUT2D eigenvalue weighted by atomic mass is 16.3. The molecule has 2 nitrogen and oxygen atoms in total. The summed E-state index contributed by atoms with van der Waals surface area (Å²) in [5.74, 6) is 1.07. The molecular formula is C16H27NO. The summed E-state index contributed by atoms with van der Waals surface area (Å²) in [5, 5.41) is 12.6. The fourth-order valence-corrected chi connectivity index (χ4v) is 1.98. The maximum absolute atomic E-state index is 9.23. The topological polar surface area (TPSA) is 32.3 Å². The highest BCUT2D eigenvalue weighted by molar-refractivity contribution is 5.24. The van der Waals surface area contributed by atoms with Crippen molar-refractivity contribution >= 4 is 0 Å². The van der Waals surface area contributed by atoms with Crippen LogP contribution >= 0.6 is 0 Å². The van der Waals surface area contributed by atoms with Crippen LogP contribution in [0, 0.1) is 5.92 Å². The zero-order chi connectivity index (χ0) is 13.5. The second kappa shape index (κ2) is 7.55. The van der Waals surface area contributed by atoms with Crippen molar-refractivity contribution in [1.29, 1.82) is 0 Å². The van der Waals surface area contributed by atoms with Crippen molar-refractivity contribution in [2.24, 2.45) is 5.92 Å². The number of hydrogen-bond donors (Lipinski definition) is 2. The second-order valence-electron chi connectivity index (χ2n) is 5.63. The van der Waals surface area contributed by atoms with Crippen molar-refractivity contribution in [2.45, 2.75) is 46.1 Å². The number of nitrogens with one attached hydrogen (secondary N) is 1. The Morgan fingerprint density at radius 2 is 1.67 bits per heavy atom. The Hall–Kier alpha value is -0.860. The average Bonchev–Trinajstić information content (AvgIpc) is 2.34. The van der Waals surface area contributed by atoms with Gasteiger partial charge in [0.1, 0.15) is 0 Å². The molecule has 2 heteroatoms. The maximum Gasteiger partial charge on any atom is 0.0587 e. The van der Waals surface area contributed by atoms with Crippen molar-refractivity contribution < 1.29 is 5.11 Å². The molecular weight excluding hydrogens is 222 g/mol. The first-order valence-corrected chi connectivity index (χ1v) is 6.97.